The van der Waals surface area contributed by atoms with E-state index in [-0.39, 0.29) is 0 Å². The lowest BCUT2D eigenvalue weighted by Gasteiger charge is -2.35. The van der Waals surface area contributed by atoms with Gasteiger partial charge in [0, 0.05) is 16.7 Å². The monoisotopic (exact) mass is 264 g/mol. The van der Waals surface area contributed by atoms with Gasteiger partial charge >= 0.3 is 0 Å². The van der Waals surface area contributed by atoms with Gasteiger partial charge in [0.25, 0.3) is 0 Å². The quantitative estimate of drug-likeness (QED) is 0.694. The van der Waals surface area contributed by atoms with E-state index >= 15 is 0 Å². The Balaban J connectivity index is 1.73. The molecule has 1 heterocycles. The van der Waals surface area contributed by atoms with Crippen molar-refractivity contribution in [1.82, 2.24) is 0 Å². The zero-order valence-corrected chi connectivity index (χ0v) is 11.6. The van der Waals surface area contributed by atoms with E-state index in [2.05, 4.69) is 60.0 Å². The molecule has 0 N–H and O–H groups in total. The standard InChI is InChI=1S/C18H16S/c1-2-5-13(6-3-1)16-11-15-9-8-14(16)12-17(15)18-7-4-10-19-18/h1-7,10-12,14-15H,8-9H2. The average Bonchev–Trinajstić information content (AvgIpc) is 3.03. The van der Waals surface area contributed by atoms with Gasteiger partial charge in [-0.1, -0.05) is 48.6 Å². The lowest BCUT2D eigenvalue weighted by atomic mass is 9.70. The molecular formula is C18H16S. The van der Waals surface area contributed by atoms with E-state index in [0.29, 0.717) is 11.8 Å². The third-order valence-corrected chi connectivity index (χ3v) is 5.18. The van der Waals surface area contributed by atoms with Crippen molar-refractivity contribution >= 4 is 22.5 Å². The van der Waals surface area contributed by atoms with Crippen LogP contribution in [-0.4, -0.2) is 0 Å². The Morgan fingerprint density at radius 1 is 0.789 bits per heavy atom. The van der Waals surface area contributed by atoms with Crippen LogP contribution in [0.15, 0.2) is 60.0 Å². The molecular weight excluding hydrogens is 248 g/mol. The van der Waals surface area contributed by atoms with Crippen LogP contribution < -0.4 is 0 Å². The molecule has 0 radical (unpaired) electrons. The number of hydrogen-bond donors (Lipinski definition) is 0. The summed E-state index contributed by atoms with van der Waals surface area (Å²) in [4.78, 5) is 1.46. The van der Waals surface area contributed by atoms with Gasteiger partial charge in [0.1, 0.15) is 0 Å². The smallest absolute Gasteiger partial charge is 0.0305 e. The summed E-state index contributed by atoms with van der Waals surface area (Å²) >= 11 is 1.87. The molecule has 1 aromatic carbocycles. The van der Waals surface area contributed by atoms with E-state index in [0.717, 1.165) is 0 Å². The Bertz CT molecular complexity index is 632. The fourth-order valence-corrected chi connectivity index (χ4v) is 4.16. The summed E-state index contributed by atoms with van der Waals surface area (Å²) in [6.45, 7) is 0. The zero-order valence-electron chi connectivity index (χ0n) is 10.8. The average molecular weight is 264 g/mol. The summed E-state index contributed by atoms with van der Waals surface area (Å²) in [5.41, 5.74) is 4.50. The lowest BCUT2D eigenvalue weighted by Crippen LogP contribution is -2.19. The fraction of sp³-hybridized carbons (Fsp3) is 0.222. The first kappa shape index (κ1) is 11.2. The lowest BCUT2D eigenvalue weighted by molar-refractivity contribution is 0.557. The highest BCUT2D eigenvalue weighted by Gasteiger charge is 2.31. The van der Waals surface area contributed by atoms with Gasteiger partial charge in [-0.15, -0.1) is 11.3 Å². The molecule has 2 aromatic rings. The summed E-state index contributed by atoms with van der Waals surface area (Å²) in [5.74, 6) is 1.24. The molecule has 1 aromatic heterocycles. The first-order valence-corrected chi connectivity index (χ1v) is 7.82. The minimum atomic E-state index is 0.615. The predicted molar refractivity (Wildman–Crippen MR) is 82.9 cm³/mol. The summed E-state index contributed by atoms with van der Waals surface area (Å²) in [5, 5.41) is 2.18. The second-order valence-electron chi connectivity index (χ2n) is 5.38. The zero-order chi connectivity index (χ0) is 12.7. The maximum atomic E-state index is 2.52. The van der Waals surface area contributed by atoms with Gasteiger partial charge in [0.15, 0.2) is 0 Å². The van der Waals surface area contributed by atoms with Crippen molar-refractivity contribution in [1.29, 1.82) is 0 Å². The van der Waals surface area contributed by atoms with E-state index in [9.17, 15) is 0 Å². The van der Waals surface area contributed by atoms with Crippen molar-refractivity contribution in [3.05, 3.63) is 70.4 Å². The maximum absolute atomic E-state index is 2.52. The fourth-order valence-electron chi connectivity index (χ4n) is 3.35. The van der Waals surface area contributed by atoms with E-state index < -0.39 is 0 Å². The molecule has 2 unspecified atom stereocenters. The number of allylic oxidation sites excluding steroid dienone is 4. The van der Waals surface area contributed by atoms with Crippen molar-refractivity contribution in [2.24, 2.45) is 11.8 Å². The molecule has 0 spiro atoms. The van der Waals surface area contributed by atoms with Crippen molar-refractivity contribution in [3.8, 4) is 0 Å². The normalized spacial score (nSPS) is 25.1. The van der Waals surface area contributed by atoms with Gasteiger partial charge in [-0.3, -0.25) is 0 Å². The summed E-state index contributed by atoms with van der Waals surface area (Å²) < 4.78 is 0. The predicted octanol–water partition coefficient (Wildman–Crippen LogP) is 5.25. The SMILES string of the molecule is C1=C(c2ccccc2)C2C=C(c3cccs3)C1CC2. The molecule has 3 aliphatic rings. The molecule has 3 aliphatic carbocycles. The first-order chi connectivity index (χ1) is 9.42. The molecule has 0 nitrogen and oxygen atoms in total. The Kier molecular flexibility index (Phi) is 2.66. The van der Waals surface area contributed by atoms with Crippen LogP contribution in [-0.2, 0) is 0 Å². The molecule has 2 bridgehead atoms. The largest absolute Gasteiger partial charge is 0.144 e. The minimum Gasteiger partial charge on any atom is -0.144 e. The highest BCUT2D eigenvalue weighted by molar-refractivity contribution is 7.11. The van der Waals surface area contributed by atoms with E-state index in [1.165, 1.54) is 28.9 Å². The van der Waals surface area contributed by atoms with Gasteiger partial charge in [-0.25, -0.2) is 0 Å². The van der Waals surface area contributed by atoms with Crippen LogP contribution in [0, 0.1) is 11.8 Å². The highest BCUT2D eigenvalue weighted by Crippen LogP contribution is 2.47. The molecule has 0 aliphatic heterocycles. The molecule has 5 rings (SSSR count). The van der Waals surface area contributed by atoms with Crippen LogP contribution in [0.4, 0.5) is 0 Å². The molecule has 0 saturated heterocycles. The molecule has 0 saturated carbocycles. The summed E-state index contributed by atoms with van der Waals surface area (Å²) in [7, 11) is 0. The topological polar surface area (TPSA) is 0 Å². The molecule has 2 atom stereocenters. The van der Waals surface area contributed by atoms with Crippen LogP contribution in [0.25, 0.3) is 11.1 Å². The number of thiophene rings is 1. The van der Waals surface area contributed by atoms with Gasteiger partial charge in [0.05, 0.1) is 0 Å². The van der Waals surface area contributed by atoms with Crippen molar-refractivity contribution < 1.29 is 0 Å². The number of fused-ring (bicyclic) bond motifs is 1. The maximum Gasteiger partial charge on any atom is 0.0305 e. The number of rotatable bonds is 2. The Morgan fingerprint density at radius 3 is 2.16 bits per heavy atom. The van der Waals surface area contributed by atoms with E-state index in [4.69, 9.17) is 0 Å². The number of hydrogen-bond acceptors (Lipinski definition) is 1. The van der Waals surface area contributed by atoms with Crippen molar-refractivity contribution in [3.63, 3.8) is 0 Å². The molecule has 94 valence electrons. The second kappa shape index (κ2) is 4.50. The van der Waals surface area contributed by atoms with Crippen molar-refractivity contribution in [2.45, 2.75) is 12.8 Å². The summed E-state index contributed by atoms with van der Waals surface area (Å²) in [6.07, 6.45) is 7.64. The van der Waals surface area contributed by atoms with Crippen LogP contribution in [0.5, 0.6) is 0 Å². The highest BCUT2D eigenvalue weighted by atomic mass is 32.1. The minimum absolute atomic E-state index is 0.615. The third kappa shape index (κ3) is 1.89. The van der Waals surface area contributed by atoms with E-state index in [1.54, 1.807) is 5.57 Å². The summed E-state index contributed by atoms with van der Waals surface area (Å²) in [6, 6.07) is 15.3. The van der Waals surface area contributed by atoms with Gasteiger partial charge in [-0.05, 0) is 41.0 Å². The van der Waals surface area contributed by atoms with Crippen molar-refractivity contribution in [2.75, 3.05) is 0 Å². The number of benzene rings is 1. The molecule has 19 heavy (non-hydrogen) atoms. The Hall–Kier alpha value is -1.60. The first-order valence-electron chi connectivity index (χ1n) is 6.94. The third-order valence-electron chi connectivity index (χ3n) is 4.26. The Morgan fingerprint density at radius 2 is 1.53 bits per heavy atom. The Labute approximate surface area is 118 Å². The van der Waals surface area contributed by atoms with Gasteiger partial charge < -0.3 is 0 Å². The van der Waals surface area contributed by atoms with Crippen LogP contribution in [0.1, 0.15) is 23.3 Å². The van der Waals surface area contributed by atoms with Crippen LogP contribution >= 0.6 is 11.3 Å². The molecule has 0 fully saturated rings. The second-order valence-corrected chi connectivity index (χ2v) is 6.33. The molecule has 1 heteroatoms. The van der Waals surface area contributed by atoms with Crippen LogP contribution in [0.3, 0.4) is 0 Å². The van der Waals surface area contributed by atoms with Crippen LogP contribution in [0.2, 0.25) is 0 Å². The van der Waals surface area contributed by atoms with Gasteiger partial charge in [0.2, 0.25) is 0 Å². The van der Waals surface area contributed by atoms with Gasteiger partial charge in [-0.2, -0.15) is 0 Å². The molecule has 0 amide bonds. The van der Waals surface area contributed by atoms with E-state index in [1.807, 2.05) is 11.3 Å².